The molecule has 0 unspecified atom stereocenters. The maximum absolute atomic E-state index is 11.5. The summed E-state index contributed by atoms with van der Waals surface area (Å²) in [7, 11) is 0. The van der Waals surface area contributed by atoms with Gasteiger partial charge in [-0.3, -0.25) is 9.59 Å². The van der Waals surface area contributed by atoms with Crippen LogP contribution in [0.2, 0.25) is 0 Å². The standard InChI is InChI=1S/C13H13N3O3S/c14-9-3-1-2-8(4-9)13-16-10(7-20-13)5-11(17)15-6-12(18)19/h1-4,7H,5-6,14H2,(H,15,17)(H,18,19). The zero-order chi connectivity index (χ0) is 14.5. The molecule has 0 saturated heterocycles. The van der Waals surface area contributed by atoms with Crippen LogP contribution in [-0.2, 0) is 16.0 Å². The summed E-state index contributed by atoms with van der Waals surface area (Å²) in [5.41, 5.74) is 7.86. The van der Waals surface area contributed by atoms with Crippen molar-refractivity contribution in [3.8, 4) is 10.6 Å². The van der Waals surface area contributed by atoms with Crippen molar-refractivity contribution < 1.29 is 14.7 Å². The van der Waals surface area contributed by atoms with E-state index < -0.39 is 5.97 Å². The van der Waals surface area contributed by atoms with Gasteiger partial charge in [0.1, 0.15) is 11.6 Å². The molecule has 0 spiro atoms. The lowest BCUT2D eigenvalue weighted by atomic mass is 10.2. The van der Waals surface area contributed by atoms with Gasteiger partial charge in [0.15, 0.2) is 0 Å². The molecule has 0 fully saturated rings. The number of thiazole rings is 1. The van der Waals surface area contributed by atoms with Crippen LogP contribution < -0.4 is 11.1 Å². The molecule has 0 atom stereocenters. The van der Waals surface area contributed by atoms with Crippen LogP contribution in [0.3, 0.4) is 0 Å². The molecule has 1 amide bonds. The first-order valence-electron chi connectivity index (χ1n) is 5.83. The molecule has 0 aliphatic heterocycles. The lowest BCUT2D eigenvalue weighted by molar-refractivity contribution is -0.137. The first kappa shape index (κ1) is 14.0. The number of rotatable bonds is 5. The van der Waals surface area contributed by atoms with Gasteiger partial charge < -0.3 is 16.2 Å². The molecule has 4 N–H and O–H groups in total. The third-order valence-electron chi connectivity index (χ3n) is 2.46. The molecule has 2 rings (SSSR count). The largest absolute Gasteiger partial charge is 0.480 e. The molecule has 0 aliphatic rings. The third-order valence-corrected chi connectivity index (χ3v) is 3.40. The fourth-order valence-electron chi connectivity index (χ4n) is 1.59. The molecular formula is C13H13N3O3S. The van der Waals surface area contributed by atoms with E-state index in [9.17, 15) is 9.59 Å². The number of aromatic nitrogens is 1. The van der Waals surface area contributed by atoms with Crippen molar-refractivity contribution in [3.05, 3.63) is 35.3 Å². The van der Waals surface area contributed by atoms with Crippen LogP contribution in [0.15, 0.2) is 29.6 Å². The molecule has 20 heavy (non-hydrogen) atoms. The van der Waals surface area contributed by atoms with Gasteiger partial charge in [0.2, 0.25) is 5.91 Å². The van der Waals surface area contributed by atoms with Crippen molar-refractivity contribution in [2.75, 3.05) is 12.3 Å². The van der Waals surface area contributed by atoms with Crippen LogP contribution in [0.4, 0.5) is 5.69 Å². The number of carboxylic acids is 1. The fraction of sp³-hybridized carbons (Fsp3) is 0.154. The van der Waals surface area contributed by atoms with Crippen molar-refractivity contribution in [1.29, 1.82) is 0 Å². The summed E-state index contributed by atoms with van der Waals surface area (Å²) >= 11 is 1.41. The van der Waals surface area contributed by atoms with Crippen LogP contribution in [0.1, 0.15) is 5.69 Å². The van der Waals surface area contributed by atoms with E-state index in [1.165, 1.54) is 11.3 Å². The number of carbonyl (C=O) groups excluding carboxylic acids is 1. The van der Waals surface area contributed by atoms with Crippen LogP contribution >= 0.6 is 11.3 Å². The Labute approximate surface area is 119 Å². The number of carbonyl (C=O) groups is 2. The molecule has 1 heterocycles. The van der Waals surface area contributed by atoms with E-state index in [2.05, 4.69) is 10.3 Å². The lowest BCUT2D eigenvalue weighted by Gasteiger charge is -2.00. The minimum atomic E-state index is -1.07. The maximum Gasteiger partial charge on any atom is 0.322 e. The zero-order valence-corrected chi connectivity index (χ0v) is 11.3. The number of aliphatic carboxylic acids is 1. The van der Waals surface area contributed by atoms with Gasteiger partial charge in [-0.1, -0.05) is 12.1 Å². The Morgan fingerprint density at radius 3 is 2.90 bits per heavy atom. The summed E-state index contributed by atoms with van der Waals surface area (Å²) < 4.78 is 0. The van der Waals surface area contributed by atoms with E-state index in [1.807, 2.05) is 18.2 Å². The maximum atomic E-state index is 11.5. The van der Waals surface area contributed by atoms with Gasteiger partial charge in [0.05, 0.1) is 12.1 Å². The van der Waals surface area contributed by atoms with Crippen molar-refractivity contribution in [2.24, 2.45) is 0 Å². The Kier molecular flexibility index (Phi) is 4.31. The minimum Gasteiger partial charge on any atom is -0.480 e. The summed E-state index contributed by atoms with van der Waals surface area (Å²) in [6.07, 6.45) is 0.0616. The number of nitrogens with one attached hydrogen (secondary N) is 1. The molecule has 0 saturated carbocycles. The van der Waals surface area contributed by atoms with Gasteiger partial charge >= 0.3 is 5.97 Å². The van der Waals surface area contributed by atoms with Crippen molar-refractivity contribution in [1.82, 2.24) is 10.3 Å². The van der Waals surface area contributed by atoms with Gasteiger partial charge in [0.25, 0.3) is 0 Å². The average Bonchev–Trinajstić information content (AvgIpc) is 2.85. The molecule has 0 bridgehead atoms. The van der Waals surface area contributed by atoms with Crippen LogP contribution in [0.5, 0.6) is 0 Å². The Bertz CT molecular complexity index is 639. The van der Waals surface area contributed by atoms with Gasteiger partial charge in [0, 0.05) is 16.6 Å². The summed E-state index contributed by atoms with van der Waals surface area (Å²) in [5.74, 6) is -1.44. The smallest absolute Gasteiger partial charge is 0.322 e. The second kappa shape index (κ2) is 6.16. The summed E-state index contributed by atoms with van der Waals surface area (Å²) in [6.45, 7) is -0.384. The number of nitrogens with zero attached hydrogens (tertiary/aromatic N) is 1. The number of benzene rings is 1. The first-order chi connectivity index (χ1) is 9.54. The summed E-state index contributed by atoms with van der Waals surface area (Å²) in [4.78, 5) is 26.2. The molecule has 6 nitrogen and oxygen atoms in total. The van der Waals surface area contributed by atoms with Gasteiger partial charge in [-0.25, -0.2) is 4.98 Å². The van der Waals surface area contributed by atoms with E-state index in [4.69, 9.17) is 10.8 Å². The SMILES string of the molecule is Nc1cccc(-c2nc(CC(=O)NCC(=O)O)cs2)c1. The zero-order valence-electron chi connectivity index (χ0n) is 10.5. The summed E-state index contributed by atoms with van der Waals surface area (Å²) in [6, 6.07) is 7.33. The van der Waals surface area contributed by atoms with Crippen LogP contribution in [0.25, 0.3) is 10.6 Å². The molecule has 0 aliphatic carbocycles. The molecule has 0 radical (unpaired) electrons. The predicted molar refractivity (Wildman–Crippen MR) is 76.3 cm³/mol. The van der Waals surface area contributed by atoms with Crippen molar-refractivity contribution in [3.63, 3.8) is 0 Å². The number of nitrogen functional groups attached to an aromatic ring is 1. The fourth-order valence-corrected chi connectivity index (χ4v) is 2.41. The molecule has 1 aromatic carbocycles. The molecule has 2 aromatic rings. The van der Waals surface area contributed by atoms with Crippen LogP contribution in [0, 0.1) is 0 Å². The van der Waals surface area contributed by atoms with Gasteiger partial charge in [-0.2, -0.15) is 0 Å². The molecular weight excluding hydrogens is 278 g/mol. The number of amides is 1. The van der Waals surface area contributed by atoms with E-state index >= 15 is 0 Å². The number of anilines is 1. The number of carboxylic acid groups (broad SMARTS) is 1. The molecule has 1 aromatic heterocycles. The van der Waals surface area contributed by atoms with Crippen molar-refractivity contribution >= 4 is 28.9 Å². The van der Waals surface area contributed by atoms with Crippen molar-refractivity contribution in [2.45, 2.75) is 6.42 Å². The van der Waals surface area contributed by atoms with E-state index in [1.54, 1.807) is 11.4 Å². The Hall–Kier alpha value is -2.41. The number of hydrogen-bond donors (Lipinski definition) is 3. The van der Waals surface area contributed by atoms with Gasteiger partial charge in [-0.15, -0.1) is 11.3 Å². The molecule has 104 valence electrons. The quantitative estimate of drug-likeness (QED) is 0.716. The van der Waals surface area contributed by atoms with E-state index in [0.29, 0.717) is 11.4 Å². The number of nitrogens with two attached hydrogens (primary N) is 1. The Morgan fingerprint density at radius 2 is 2.20 bits per heavy atom. The second-order valence-corrected chi connectivity index (χ2v) is 4.97. The third kappa shape index (κ3) is 3.79. The topological polar surface area (TPSA) is 105 Å². The van der Waals surface area contributed by atoms with Gasteiger partial charge in [-0.05, 0) is 12.1 Å². The molecule has 7 heteroatoms. The Morgan fingerprint density at radius 1 is 1.40 bits per heavy atom. The lowest BCUT2D eigenvalue weighted by Crippen LogP contribution is -2.30. The number of hydrogen-bond acceptors (Lipinski definition) is 5. The first-order valence-corrected chi connectivity index (χ1v) is 6.71. The monoisotopic (exact) mass is 291 g/mol. The predicted octanol–water partition coefficient (Wildman–Crippen LogP) is 1.14. The highest BCUT2D eigenvalue weighted by molar-refractivity contribution is 7.13. The normalized spacial score (nSPS) is 10.2. The minimum absolute atomic E-state index is 0.0616. The second-order valence-electron chi connectivity index (χ2n) is 4.12. The van der Waals surface area contributed by atoms with E-state index in [-0.39, 0.29) is 18.9 Å². The average molecular weight is 291 g/mol. The highest BCUT2D eigenvalue weighted by Gasteiger charge is 2.10. The van der Waals surface area contributed by atoms with E-state index in [0.717, 1.165) is 10.6 Å². The Balaban J connectivity index is 2.02. The summed E-state index contributed by atoms with van der Waals surface area (Å²) in [5, 5.41) is 13.3. The highest BCUT2D eigenvalue weighted by atomic mass is 32.1. The highest BCUT2D eigenvalue weighted by Crippen LogP contribution is 2.25. The van der Waals surface area contributed by atoms with Crippen LogP contribution in [-0.4, -0.2) is 28.5 Å².